The number of amides is 1. The standard InChI is InChI=1S/C26H21ClF3N3O4S/c1-14(26(28,29)30)31-13-33(32-11-10-19(35)24(37-15(2)34)23(32)25(31)36)22-17-7-3-4-9-20(17)38-12-16-6-5-8-18(27)21(16)22/h3-11,14,22H,12-13H2,1-2H3/t14-,22+/m1/s1. The van der Waals surface area contributed by atoms with Crippen molar-refractivity contribution in [2.75, 3.05) is 11.7 Å². The molecular weight excluding hydrogens is 543 g/mol. The van der Waals surface area contributed by atoms with Crippen LogP contribution in [0.3, 0.4) is 0 Å². The molecule has 0 saturated carbocycles. The Morgan fingerprint density at radius 3 is 2.58 bits per heavy atom. The molecule has 38 heavy (non-hydrogen) atoms. The summed E-state index contributed by atoms with van der Waals surface area (Å²) in [7, 11) is 0. The molecular formula is C26H21ClF3N3O4S. The van der Waals surface area contributed by atoms with Crippen LogP contribution in [0.25, 0.3) is 0 Å². The molecule has 1 aromatic heterocycles. The zero-order valence-corrected chi connectivity index (χ0v) is 21.7. The average Bonchev–Trinajstić information content (AvgIpc) is 3.03. The molecule has 198 valence electrons. The molecule has 3 aromatic rings. The van der Waals surface area contributed by atoms with Gasteiger partial charge in [0.25, 0.3) is 5.91 Å². The van der Waals surface area contributed by atoms with E-state index in [1.807, 2.05) is 30.3 Å². The molecule has 0 aliphatic carbocycles. The molecule has 12 heteroatoms. The van der Waals surface area contributed by atoms with Gasteiger partial charge in [0, 0.05) is 40.4 Å². The number of carbonyl (C=O) groups excluding carboxylic acids is 2. The van der Waals surface area contributed by atoms with Gasteiger partial charge >= 0.3 is 12.1 Å². The molecule has 7 nitrogen and oxygen atoms in total. The van der Waals surface area contributed by atoms with Gasteiger partial charge in [-0.2, -0.15) is 13.2 Å². The molecule has 0 radical (unpaired) electrons. The lowest BCUT2D eigenvalue weighted by Crippen LogP contribution is -2.60. The number of thioether (sulfide) groups is 1. The molecule has 2 atom stereocenters. The third-order valence-corrected chi connectivity index (χ3v) is 8.04. The van der Waals surface area contributed by atoms with Crippen LogP contribution in [-0.2, 0) is 10.5 Å². The third-order valence-electron chi connectivity index (χ3n) is 6.57. The molecule has 2 aromatic carbocycles. The van der Waals surface area contributed by atoms with Crippen molar-refractivity contribution in [3.63, 3.8) is 0 Å². The maximum Gasteiger partial charge on any atom is 0.408 e. The van der Waals surface area contributed by atoms with Crippen molar-refractivity contribution in [1.29, 1.82) is 0 Å². The number of nitrogens with zero attached hydrogens (tertiary/aromatic N) is 3. The molecule has 2 aliphatic rings. The van der Waals surface area contributed by atoms with E-state index in [9.17, 15) is 27.6 Å². The fourth-order valence-electron chi connectivity index (χ4n) is 4.74. The number of carbonyl (C=O) groups is 2. The normalized spacial score (nSPS) is 17.7. The topological polar surface area (TPSA) is 71.8 Å². The third kappa shape index (κ3) is 4.43. The zero-order chi connectivity index (χ0) is 27.4. The van der Waals surface area contributed by atoms with Crippen molar-refractivity contribution in [2.45, 2.75) is 42.8 Å². The summed E-state index contributed by atoms with van der Waals surface area (Å²) in [5.74, 6) is -2.05. The predicted octanol–water partition coefficient (Wildman–Crippen LogP) is 5.12. The summed E-state index contributed by atoms with van der Waals surface area (Å²) >= 11 is 8.28. The predicted molar refractivity (Wildman–Crippen MR) is 136 cm³/mol. The van der Waals surface area contributed by atoms with E-state index >= 15 is 0 Å². The summed E-state index contributed by atoms with van der Waals surface area (Å²) in [5, 5.41) is 1.95. The highest BCUT2D eigenvalue weighted by atomic mass is 35.5. The van der Waals surface area contributed by atoms with Gasteiger partial charge in [-0.1, -0.05) is 41.9 Å². The highest BCUT2D eigenvalue weighted by Gasteiger charge is 2.48. The van der Waals surface area contributed by atoms with E-state index in [1.165, 1.54) is 10.9 Å². The zero-order valence-electron chi connectivity index (χ0n) is 20.2. The lowest BCUT2D eigenvalue weighted by atomic mass is 9.94. The Morgan fingerprint density at radius 1 is 1.13 bits per heavy atom. The second-order valence-electron chi connectivity index (χ2n) is 8.91. The Hall–Kier alpha value is -3.44. The molecule has 0 unspecified atom stereocenters. The molecule has 5 rings (SSSR count). The van der Waals surface area contributed by atoms with Crippen molar-refractivity contribution < 1.29 is 27.5 Å². The first kappa shape index (κ1) is 26.2. The van der Waals surface area contributed by atoms with E-state index in [0.717, 1.165) is 35.9 Å². The van der Waals surface area contributed by atoms with Gasteiger partial charge in [0.05, 0.1) is 0 Å². The number of aromatic nitrogens is 1. The lowest BCUT2D eigenvalue weighted by Gasteiger charge is -2.46. The summed E-state index contributed by atoms with van der Waals surface area (Å²) in [6.07, 6.45) is -3.46. The van der Waals surface area contributed by atoms with Crippen LogP contribution in [-0.4, -0.2) is 40.3 Å². The van der Waals surface area contributed by atoms with Crippen LogP contribution < -0.4 is 15.2 Å². The van der Waals surface area contributed by atoms with Crippen molar-refractivity contribution in [3.05, 3.63) is 92.4 Å². The number of hydrogen-bond acceptors (Lipinski definition) is 6. The number of rotatable bonds is 3. The highest BCUT2D eigenvalue weighted by molar-refractivity contribution is 7.98. The number of benzene rings is 2. The van der Waals surface area contributed by atoms with Crippen LogP contribution in [0.15, 0.2) is 64.4 Å². The van der Waals surface area contributed by atoms with E-state index in [-0.39, 0.29) is 0 Å². The smallest absolute Gasteiger partial charge is 0.408 e. The van der Waals surface area contributed by atoms with Crippen LogP contribution in [0.5, 0.6) is 5.75 Å². The highest BCUT2D eigenvalue weighted by Crippen LogP contribution is 2.45. The van der Waals surface area contributed by atoms with Crippen LogP contribution in [0, 0.1) is 0 Å². The van der Waals surface area contributed by atoms with Crippen molar-refractivity contribution in [1.82, 2.24) is 9.58 Å². The largest absolute Gasteiger partial charge is 0.420 e. The molecule has 0 N–H and O–H groups in total. The number of halogens is 4. The van der Waals surface area contributed by atoms with Gasteiger partial charge in [0.1, 0.15) is 18.8 Å². The van der Waals surface area contributed by atoms with E-state index in [4.69, 9.17) is 16.3 Å². The van der Waals surface area contributed by atoms with Gasteiger partial charge in [0.15, 0.2) is 5.69 Å². The average molecular weight is 564 g/mol. The Bertz CT molecular complexity index is 1510. The minimum absolute atomic E-state index is 0.403. The molecule has 3 heterocycles. The minimum Gasteiger partial charge on any atom is -0.420 e. The number of esters is 1. The van der Waals surface area contributed by atoms with E-state index in [0.29, 0.717) is 21.2 Å². The van der Waals surface area contributed by atoms with Gasteiger partial charge < -0.3 is 9.64 Å². The van der Waals surface area contributed by atoms with Crippen molar-refractivity contribution in [2.24, 2.45) is 0 Å². The molecule has 0 bridgehead atoms. The monoisotopic (exact) mass is 563 g/mol. The van der Waals surface area contributed by atoms with Crippen LogP contribution >= 0.6 is 23.4 Å². The van der Waals surface area contributed by atoms with Gasteiger partial charge in [-0.05, 0) is 30.2 Å². The molecule has 0 spiro atoms. The lowest BCUT2D eigenvalue weighted by molar-refractivity contribution is -0.173. The first-order valence-electron chi connectivity index (χ1n) is 11.6. The summed E-state index contributed by atoms with van der Waals surface area (Å²) in [6.45, 7) is 1.43. The number of pyridine rings is 1. The number of ether oxygens (including phenoxy) is 1. The molecule has 2 aliphatic heterocycles. The van der Waals surface area contributed by atoms with Gasteiger partial charge in [-0.3, -0.25) is 24.1 Å². The summed E-state index contributed by atoms with van der Waals surface area (Å²) in [6, 6.07) is 11.0. The minimum atomic E-state index is -4.76. The second-order valence-corrected chi connectivity index (χ2v) is 10.3. The molecule has 1 amide bonds. The fourth-order valence-corrected chi connectivity index (χ4v) is 6.12. The van der Waals surface area contributed by atoms with Crippen molar-refractivity contribution >= 4 is 35.2 Å². The Kier molecular flexibility index (Phi) is 6.68. The first-order chi connectivity index (χ1) is 18.0. The first-order valence-corrected chi connectivity index (χ1v) is 12.9. The fraction of sp³-hybridized carbons (Fsp3) is 0.269. The van der Waals surface area contributed by atoms with Gasteiger partial charge in [0.2, 0.25) is 11.2 Å². The Morgan fingerprint density at radius 2 is 1.87 bits per heavy atom. The quantitative estimate of drug-likeness (QED) is 0.412. The molecule has 0 saturated heterocycles. The van der Waals surface area contributed by atoms with Gasteiger partial charge in [-0.25, -0.2) is 0 Å². The number of alkyl halides is 3. The van der Waals surface area contributed by atoms with Crippen molar-refractivity contribution in [3.8, 4) is 5.75 Å². The van der Waals surface area contributed by atoms with Crippen LogP contribution in [0.2, 0.25) is 5.02 Å². The van der Waals surface area contributed by atoms with Gasteiger partial charge in [-0.15, -0.1) is 11.8 Å². The number of hydrogen-bond donors (Lipinski definition) is 0. The Labute approximate surface area is 224 Å². The SMILES string of the molecule is CC(=O)Oc1c2n(ccc1=O)N([C@H]1c3ccccc3SCc3cccc(Cl)c31)CN([C@H](C)C(F)(F)F)C2=O. The number of fused-ring (bicyclic) bond motifs is 3. The summed E-state index contributed by atoms with van der Waals surface area (Å²) in [5.41, 5.74) is 1.02. The maximum absolute atomic E-state index is 14.0. The Balaban J connectivity index is 1.82. The van der Waals surface area contributed by atoms with Crippen LogP contribution in [0.4, 0.5) is 13.2 Å². The summed E-state index contributed by atoms with van der Waals surface area (Å²) < 4.78 is 48.3. The second kappa shape index (κ2) is 9.70. The maximum atomic E-state index is 14.0. The molecule has 0 fully saturated rings. The summed E-state index contributed by atoms with van der Waals surface area (Å²) in [4.78, 5) is 39.6. The van der Waals surface area contributed by atoms with Crippen LogP contribution in [0.1, 0.15) is 47.1 Å². The van der Waals surface area contributed by atoms with E-state index in [2.05, 4.69) is 0 Å². The van der Waals surface area contributed by atoms with E-state index in [1.54, 1.807) is 28.9 Å². The van der Waals surface area contributed by atoms with E-state index < -0.39 is 53.7 Å².